The first-order valence-corrected chi connectivity index (χ1v) is 5.26. The molecule has 4 heteroatoms. The van der Waals surface area contributed by atoms with Crippen LogP contribution < -0.4 is 4.74 Å². The lowest BCUT2D eigenvalue weighted by Crippen LogP contribution is -2.28. The lowest BCUT2D eigenvalue weighted by Gasteiger charge is -2.15. The quantitative estimate of drug-likeness (QED) is 0.724. The van der Waals surface area contributed by atoms with Crippen LogP contribution in [0.25, 0.3) is 0 Å². The number of hydrogen-bond donors (Lipinski definition) is 0. The number of ether oxygens (including phenoxy) is 2. The minimum absolute atomic E-state index is 0.322. The molecule has 0 N–H and O–H groups in total. The zero-order chi connectivity index (χ0) is 12.0. The first-order chi connectivity index (χ1) is 7.67. The number of halogens is 1. The molecule has 0 spiro atoms. The molecule has 0 aliphatic carbocycles. The Labute approximate surface area is 94.2 Å². The summed E-state index contributed by atoms with van der Waals surface area (Å²) in [6, 6.07) is 5.54. The van der Waals surface area contributed by atoms with Crippen LogP contribution in [0.5, 0.6) is 5.75 Å². The van der Waals surface area contributed by atoms with Crippen molar-refractivity contribution in [2.45, 2.75) is 26.4 Å². The molecule has 3 nitrogen and oxygen atoms in total. The van der Waals surface area contributed by atoms with E-state index >= 15 is 0 Å². The minimum Gasteiger partial charge on any atom is -0.479 e. The Kier molecular flexibility index (Phi) is 4.76. The first-order valence-electron chi connectivity index (χ1n) is 5.26. The average molecular weight is 226 g/mol. The lowest BCUT2D eigenvalue weighted by molar-refractivity contribution is -0.151. The summed E-state index contributed by atoms with van der Waals surface area (Å²) >= 11 is 0. The highest BCUT2D eigenvalue weighted by molar-refractivity contribution is 5.75. The fourth-order valence-corrected chi connectivity index (χ4v) is 1.21. The van der Waals surface area contributed by atoms with Crippen molar-refractivity contribution < 1.29 is 18.7 Å². The monoisotopic (exact) mass is 226 g/mol. The SMILES string of the molecule is CCOC(=O)[C@H](CC)Oc1ccc(F)cc1. The van der Waals surface area contributed by atoms with Gasteiger partial charge in [-0.25, -0.2) is 9.18 Å². The Morgan fingerprint density at radius 1 is 1.31 bits per heavy atom. The van der Waals surface area contributed by atoms with Crippen LogP contribution in [0.15, 0.2) is 24.3 Å². The van der Waals surface area contributed by atoms with Gasteiger partial charge in [0.1, 0.15) is 11.6 Å². The third-order valence-electron chi connectivity index (χ3n) is 2.01. The predicted molar refractivity (Wildman–Crippen MR) is 57.7 cm³/mol. The molecule has 0 radical (unpaired) electrons. The van der Waals surface area contributed by atoms with Crippen LogP contribution in [0.3, 0.4) is 0 Å². The summed E-state index contributed by atoms with van der Waals surface area (Å²) in [5.41, 5.74) is 0. The van der Waals surface area contributed by atoms with Crippen molar-refractivity contribution in [3.63, 3.8) is 0 Å². The van der Waals surface area contributed by atoms with E-state index in [2.05, 4.69) is 0 Å². The molecule has 0 fully saturated rings. The Bertz CT molecular complexity index is 335. The maximum absolute atomic E-state index is 12.6. The summed E-state index contributed by atoms with van der Waals surface area (Å²) in [6.45, 7) is 3.88. The molecular formula is C12H15FO3. The minimum atomic E-state index is -0.634. The number of rotatable bonds is 5. The highest BCUT2D eigenvalue weighted by Crippen LogP contribution is 2.14. The fraction of sp³-hybridized carbons (Fsp3) is 0.417. The molecule has 0 aliphatic rings. The Morgan fingerprint density at radius 3 is 2.44 bits per heavy atom. The van der Waals surface area contributed by atoms with Crippen molar-refractivity contribution in [1.29, 1.82) is 0 Å². The largest absolute Gasteiger partial charge is 0.479 e. The van der Waals surface area contributed by atoms with Gasteiger partial charge in [0.2, 0.25) is 0 Å². The molecule has 0 unspecified atom stereocenters. The standard InChI is InChI=1S/C12H15FO3/c1-3-11(12(14)15-4-2)16-10-7-5-9(13)6-8-10/h5-8,11H,3-4H2,1-2H3/t11-/m0/s1. The molecule has 1 atom stereocenters. The van der Waals surface area contributed by atoms with Crippen molar-refractivity contribution in [3.8, 4) is 5.75 Å². The van der Waals surface area contributed by atoms with Crippen molar-refractivity contribution >= 4 is 5.97 Å². The first kappa shape index (κ1) is 12.5. The fourth-order valence-electron chi connectivity index (χ4n) is 1.21. The third-order valence-corrected chi connectivity index (χ3v) is 2.01. The van der Waals surface area contributed by atoms with E-state index in [0.717, 1.165) is 0 Å². The topological polar surface area (TPSA) is 35.5 Å². The van der Waals surface area contributed by atoms with Crippen LogP contribution in [-0.4, -0.2) is 18.7 Å². The smallest absolute Gasteiger partial charge is 0.347 e. The molecule has 88 valence electrons. The third kappa shape index (κ3) is 3.53. The van der Waals surface area contributed by atoms with Crippen LogP contribution in [0.4, 0.5) is 4.39 Å². The maximum Gasteiger partial charge on any atom is 0.347 e. The summed E-state index contributed by atoms with van der Waals surface area (Å²) in [6.07, 6.45) is -0.124. The van der Waals surface area contributed by atoms with E-state index in [9.17, 15) is 9.18 Å². The highest BCUT2D eigenvalue weighted by Gasteiger charge is 2.19. The van der Waals surface area contributed by atoms with Gasteiger partial charge in [-0.05, 0) is 37.6 Å². The molecule has 1 aromatic rings. The van der Waals surface area contributed by atoms with Gasteiger partial charge in [0.15, 0.2) is 6.10 Å². The molecule has 1 rings (SSSR count). The van der Waals surface area contributed by atoms with Crippen molar-refractivity contribution in [2.75, 3.05) is 6.61 Å². The Morgan fingerprint density at radius 2 is 1.94 bits per heavy atom. The van der Waals surface area contributed by atoms with E-state index in [0.29, 0.717) is 18.8 Å². The van der Waals surface area contributed by atoms with Crippen LogP contribution >= 0.6 is 0 Å². The summed E-state index contributed by atoms with van der Waals surface area (Å²) in [4.78, 5) is 11.4. The number of carbonyl (C=O) groups is 1. The average Bonchev–Trinajstić information content (AvgIpc) is 2.28. The van der Waals surface area contributed by atoms with Crippen LogP contribution in [0, 0.1) is 5.82 Å². The predicted octanol–water partition coefficient (Wildman–Crippen LogP) is 2.55. The van der Waals surface area contributed by atoms with E-state index < -0.39 is 12.1 Å². The van der Waals surface area contributed by atoms with E-state index in [1.54, 1.807) is 6.92 Å². The number of hydrogen-bond acceptors (Lipinski definition) is 3. The number of esters is 1. The van der Waals surface area contributed by atoms with Crippen molar-refractivity contribution in [3.05, 3.63) is 30.1 Å². The highest BCUT2D eigenvalue weighted by atomic mass is 19.1. The van der Waals surface area contributed by atoms with Gasteiger partial charge in [-0.2, -0.15) is 0 Å². The lowest BCUT2D eigenvalue weighted by atomic mass is 10.2. The van der Waals surface area contributed by atoms with Crippen LogP contribution in [0.1, 0.15) is 20.3 Å². The second kappa shape index (κ2) is 6.10. The molecule has 0 heterocycles. The molecule has 0 amide bonds. The molecular weight excluding hydrogens is 211 g/mol. The second-order valence-corrected chi connectivity index (χ2v) is 3.22. The van der Waals surface area contributed by atoms with Crippen molar-refractivity contribution in [1.82, 2.24) is 0 Å². The summed E-state index contributed by atoms with van der Waals surface area (Å²) in [7, 11) is 0. The Balaban J connectivity index is 2.62. The zero-order valence-electron chi connectivity index (χ0n) is 9.40. The van der Waals surface area contributed by atoms with Gasteiger partial charge in [0.25, 0.3) is 0 Å². The van der Waals surface area contributed by atoms with Gasteiger partial charge in [-0.3, -0.25) is 0 Å². The van der Waals surface area contributed by atoms with Gasteiger partial charge in [-0.15, -0.1) is 0 Å². The Hall–Kier alpha value is -1.58. The molecule has 0 saturated heterocycles. The van der Waals surface area contributed by atoms with E-state index in [-0.39, 0.29) is 5.82 Å². The molecule has 0 saturated carbocycles. The molecule has 0 aliphatic heterocycles. The summed E-state index contributed by atoms with van der Waals surface area (Å²) < 4.78 is 22.9. The van der Waals surface area contributed by atoms with Gasteiger partial charge < -0.3 is 9.47 Å². The molecule has 0 aromatic heterocycles. The van der Waals surface area contributed by atoms with Gasteiger partial charge in [0.05, 0.1) is 6.61 Å². The normalized spacial score (nSPS) is 11.9. The summed E-state index contributed by atoms with van der Waals surface area (Å²) in [5, 5.41) is 0. The van der Waals surface area contributed by atoms with Gasteiger partial charge in [0, 0.05) is 0 Å². The maximum atomic E-state index is 12.6. The molecule has 1 aromatic carbocycles. The summed E-state index contributed by atoms with van der Waals surface area (Å²) in [5.74, 6) is -0.271. The molecule has 0 bridgehead atoms. The zero-order valence-corrected chi connectivity index (χ0v) is 9.40. The van der Waals surface area contributed by atoms with Gasteiger partial charge in [-0.1, -0.05) is 6.92 Å². The van der Waals surface area contributed by atoms with Gasteiger partial charge >= 0.3 is 5.97 Å². The van der Waals surface area contributed by atoms with E-state index in [4.69, 9.17) is 9.47 Å². The second-order valence-electron chi connectivity index (χ2n) is 3.22. The van der Waals surface area contributed by atoms with E-state index in [1.165, 1.54) is 24.3 Å². The molecule has 16 heavy (non-hydrogen) atoms. The van der Waals surface area contributed by atoms with Crippen molar-refractivity contribution in [2.24, 2.45) is 0 Å². The van der Waals surface area contributed by atoms with Crippen LogP contribution in [-0.2, 0) is 9.53 Å². The number of benzene rings is 1. The number of carbonyl (C=O) groups excluding carboxylic acids is 1. The van der Waals surface area contributed by atoms with Crippen LogP contribution in [0.2, 0.25) is 0 Å². The van der Waals surface area contributed by atoms with E-state index in [1.807, 2.05) is 6.92 Å².